The molecular weight excluding hydrogens is 774 g/mol. The number of carboxylic acids is 2. The van der Waals surface area contributed by atoms with Crippen molar-refractivity contribution in [1.82, 2.24) is 20.6 Å². The number of nitrogens with one attached hydrogen (secondary N) is 2. The number of aromatic nitrogens is 2. The molecule has 0 aliphatic rings. The van der Waals surface area contributed by atoms with Gasteiger partial charge in [-0.1, -0.05) is 54.1 Å². The largest absolute Gasteiger partial charge is 0.488 e. The summed E-state index contributed by atoms with van der Waals surface area (Å²) in [4.78, 5) is 30.8. The molecule has 58 heavy (non-hydrogen) atoms. The first-order valence-corrected chi connectivity index (χ1v) is 20.1. The van der Waals surface area contributed by atoms with Gasteiger partial charge in [0.2, 0.25) is 0 Å². The molecule has 13 heteroatoms. The van der Waals surface area contributed by atoms with Crippen LogP contribution in [0.2, 0.25) is 5.02 Å². The number of ether oxygens (including phenoxy) is 2. The number of aliphatic carboxylic acids is 2. The van der Waals surface area contributed by atoms with Gasteiger partial charge in [0, 0.05) is 55.5 Å². The average molecular weight is 818 g/mol. The van der Waals surface area contributed by atoms with Crippen LogP contribution in [-0.2, 0) is 35.9 Å². The van der Waals surface area contributed by atoms with Crippen molar-refractivity contribution >= 4 is 45.1 Å². The van der Waals surface area contributed by atoms with Crippen LogP contribution in [0.3, 0.4) is 0 Å². The fourth-order valence-corrected chi connectivity index (χ4v) is 7.80. The number of rotatable bonds is 20. The number of halogens is 1. The van der Waals surface area contributed by atoms with E-state index in [9.17, 15) is 14.9 Å². The third-order valence-corrected chi connectivity index (χ3v) is 11.0. The van der Waals surface area contributed by atoms with Crippen LogP contribution in [0.15, 0.2) is 85.2 Å². The Balaban J connectivity index is 1.18. The number of hydrogen-bond donors (Lipinski definition) is 4. The second-order valence-electron chi connectivity index (χ2n) is 13.9. The average Bonchev–Trinajstić information content (AvgIpc) is 3.62. The summed E-state index contributed by atoms with van der Waals surface area (Å²) in [5.41, 5.74) is 10.5. The quantitative estimate of drug-likeness (QED) is 0.0543. The van der Waals surface area contributed by atoms with Gasteiger partial charge in [0.15, 0.2) is 0 Å². The van der Waals surface area contributed by atoms with Crippen LogP contribution in [0, 0.1) is 25.2 Å². The summed E-state index contributed by atoms with van der Waals surface area (Å²) in [6, 6.07) is 26.3. The predicted octanol–water partition coefficient (Wildman–Crippen LogP) is 9.23. The molecule has 0 radical (unpaired) electrons. The number of thiazole rings is 1. The lowest BCUT2D eigenvalue weighted by Crippen LogP contribution is -2.16. The minimum absolute atomic E-state index is 0.0714. The van der Waals surface area contributed by atoms with Crippen LogP contribution in [0.1, 0.15) is 64.1 Å². The van der Waals surface area contributed by atoms with Crippen molar-refractivity contribution < 1.29 is 29.3 Å². The highest BCUT2D eigenvalue weighted by molar-refractivity contribution is 7.18. The van der Waals surface area contributed by atoms with Gasteiger partial charge in [-0.3, -0.25) is 14.6 Å². The molecule has 2 aromatic heterocycles. The SMILES string of the molecule is Cc1c(COc2cc(OCc3cncc(C#N)c3)c(CNCCCC(=O)O)cc2Cl)cccc1-c1cccc(-c2ccc3sc(CNCCCC(=O)O)nc3c2)c1C. The van der Waals surface area contributed by atoms with E-state index in [0.717, 1.165) is 65.3 Å². The van der Waals surface area contributed by atoms with Gasteiger partial charge in [0.05, 0.1) is 20.8 Å². The number of carbonyl (C=O) groups is 2. The van der Waals surface area contributed by atoms with E-state index in [1.807, 2.05) is 12.1 Å². The smallest absolute Gasteiger partial charge is 0.303 e. The third kappa shape index (κ3) is 11.0. The molecule has 0 saturated carbocycles. The summed E-state index contributed by atoms with van der Waals surface area (Å²) in [5.74, 6) is -0.633. The molecule has 6 aromatic rings. The molecule has 4 N–H and O–H groups in total. The summed E-state index contributed by atoms with van der Waals surface area (Å²) < 4.78 is 13.7. The lowest BCUT2D eigenvalue weighted by Gasteiger charge is -2.18. The van der Waals surface area contributed by atoms with Crippen molar-refractivity contribution in [2.45, 2.75) is 65.8 Å². The molecule has 2 heterocycles. The van der Waals surface area contributed by atoms with Crippen molar-refractivity contribution in [2.24, 2.45) is 0 Å². The first-order chi connectivity index (χ1) is 28.1. The van der Waals surface area contributed by atoms with Crippen LogP contribution < -0.4 is 20.1 Å². The number of benzene rings is 4. The van der Waals surface area contributed by atoms with E-state index in [1.165, 1.54) is 6.20 Å². The Kier molecular flexibility index (Phi) is 14.4. The molecule has 0 saturated heterocycles. The number of pyridine rings is 1. The van der Waals surface area contributed by atoms with Gasteiger partial charge < -0.3 is 30.3 Å². The van der Waals surface area contributed by atoms with Gasteiger partial charge >= 0.3 is 11.9 Å². The second-order valence-corrected chi connectivity index (χ2v) is 15.4. The minimum Gasteiger partial charge on any atom is -0.488 e. The monoisotopic (exact) mass is 817 g/mol. The van der Waals surface area contributed by atoms with Crippen LogP contribution >= 0.6 is 22.9 Å². The van der Waals surface area contributed by atoms with E-state index in [2.05, 4.69) is 78.0 Å². The van der Waals surface area contributed by atoms with Crippen molar-refractivity contribution in [1.29, 1.82) is 5.26 Å². The molecule has 0 bridgehead atoms. The summed E-state index contributed by atoms with van der Waals surface area (Å²) in [7, 11) is 0. The summed E-state index contributed by atoms with van der Waals surface area (Å²) in [6.07, 6.45) is 4.42. The van der Waals surface area contributed by atoms with E-state index in [-0.39, 0.29) is 26.1 Å². The second kappa shape index (κ2) is 20.0. The number of nitrogens with zero attached hydrogens (tertiary/aromatic N) is 3. The Hall–Kier alpha value is -5.84. The molecule has 0 spiro atoms. The van der Waals surface area contributed by atoms with Crippen LogP contribution in [0.5, 0.6) is 11.5 Å². The lowest BCUT2D eigenvalue weighted by molar-refractivity contribution is -0.138. The van der Waals surface area contributed by atoms with Crippen LogP contribution in [0.25, 0.3) is 32.5 Å². The molecule has 298 valence electrons. The summed E-state index contributed by atoms with van der Waals surface area (Å²) >= 11 is 8.43. The molecule has 0 amide bonds. The number of hydrogen-bond acceptors (Lipinski definition) is 10. The summed E-state index contributed by atoms with van der Waals surface area (Å²) in [6.45, 7) is 6.80. The first-order valence-electron chi connectivity index (χ1n) is 18.9. The van der Waals surface area contributed by atoms with Gasteiger partial charge in [-0.2, -0.15) is 5.26 Å². The zero-order valence-electron chi connectivity index (χ0n) is 32.3. The molecule has 0 aliphatic heterocycles. The predicted molar refractivity (Wildman–Crippen MR) is 226 cm³/mol. The fourth-order valence-electron chi connectivity index (χ4n) is 6.64. The zero-order valence-corrected chi connectivity index (χ0v) is 33.9. The lowest BCUT2D eigenvalue weighted by atomic mass is 9.89. The van der Waals surface area contributed by atoms with Gasteiger partial charge in [0.1, 0.15) is 35.8 Å². The maximum Gasteiger partial charge on any atom is 0.303 e. The topological polar surface area (TPSA) is 167 Å². The standard InChI is InChI=1S/C45H44ClN5O6S/c1-28-33(27-57-41-20-40(56-26-31-17-30(21-47)22-50-23-31)34(18-38(41)46)24-48-15-5-11-44(52)53)7-3-9-36(28)37-10-4-8-35(29(37)2)32-13-14-42-39(19-32)51-43(58-42)25-49-16-6-12-45(54)55/h3-4,7-10,13-14,17-20,22-23,48-49H,5-6,11-12,15-16,24-27H2,1-2H3,(H,52,53)(H,54,55). The number of nitriles is 1. The van der Waals surface area contributed by atoms with Crippen molar-refractivity contribution in [3.63, 3.8) is 0 Å². The number of carboxylic acid groups (broad SMARTS) is 2. The molecule has 0 unspecified atom stereocenters. The Morgan fingerprint density at radius 1 is 0.793 bits per heavy atom. The van der Waals surface area contributed by atoms with E-state index in [0.29, 0.717) is 61.1 Å². The number of fused-ring (bicyclic) bond motifs is 1. The van der Waals surface area contributed by atoms with E-state index in [4.69, 9.17) is 36.3 Å². The van der Waals surface area contributed by atoms with Gasteiger partial charge in [-0.25, -0.2) is 4.98 Å². The Morgan fingerprint density at radius 3 is 2.22 bits per heavy atom. The highest BCUT2D eigenvalue weighted by Crippen LogP contribution is 2.38. The maximum atomic E-state index is 11.0. The highest BCUT2D eigenvalue weighted by Gasteiger charge is 2.16. The highest BCUT2D eigenvalue weighted by atomic mass is 35.5. The molecule has 0 atom stereocenters. The molecule has 4 aromatic carbocycles. The van der Waals surface area contributed by atoms with E-state index < -0.39 is 11.9 Å². The van der Waals surface area contributed by atoms with Crippen molar-refractivity contribution in [2.75, 3.05) is 13.1 Å². The molecule has 11 nitrogen and oxygen atoms in total. The Morgan fingerprint density at radius 2 is 1.48 bits per heavy atom. The van der Waals surface area contributed by atoms with Gasteiger partial charge in [-0.15, -0.1) is 11.3 Å². The van der Waals surface area contributed by atoms with E-state index in [1.54, 1.807) is 35.7 Å². The normalized spacial score (nSPS) is 11.1. The molecule has 0 aliphatic carbocycles. The third-order valence-electron chi connectivity index (χ3n) is 9.71. The fraction of sp³-hybridized carbons (Fsp3) is 0.267. The molecular formula is C45H44ClN5O6S. The maximum absolute atomic E-state index is 11.0. The first kappa shape index (κ1) is 41.8. The van der Waals surface area contributed by atoms with Crippen LogP contribution in [0.4, 0.5) is 0 Å². The zero-order chi connectivity index (χ0) is 41.0. The molecule has 6 rings (SSSR count). The minimum atomic E-state index is -0.841. The molecule has 0 fully saturated rings. The van der Waals surface area contributed by atoms with Crippen molar-refractivity contribution in [3.05, 3.63) is 129 Å². The summed E-state index contributed by atoms with van der Waals surface area (Å²) in [5, 5.41) is 35.1. The van der Waals surface area contributed by atoms with Crippen molar-refractivity contribution in [3.8, 4) is 39.8 Å². The van der Waals surface area contributed by atoms with Gasteiger partial charge in [-0.05, 0) is 103 Å². The van der Waals surface area contributed by atoms with Gasteiger partial charge in [0.25, 0.3) is 0 Å². The van der Waals surface area contributed by atoms with E-state index >= 15 is 0 Å². The Bertz CT molecular complexity index is 2460. The Labute approximate surface area is 346 Å². The van der Waals surface area contributed by atoms with Crippen LogP contribution in [-0.4, -0.2) is 45.2 Å².